The van der Waals surface area contributed by atoms with Crippen LogP contribution in [0.1, 0.15) is 18.4 Å². The molecular weight excluding hydrogens is 268 g/mol. The Kier molecular flexibility index (Phi) is 4.32. The standard InChI is InChI=1S/C12H17BrN2O/c13-11-5-9(7-15-8-11)6-12(16)10-1-3-14-4-2-10/h5,7-8,10,12,14,16H,1-4,6H2. The molecule has 0 aromatic carbocycles. The topological polar surface area (TPSA) is 45.2 Å². The van der Waals surface area contributed by atoms with Gasteiger partial charge in [-0.15, -0.1) is 0 Å². The van der Waals surface area contributed by atoms with E-state index in [0.717, 1.165) is 36.0 Å². The van der Waals surface area contributed by atoms with E-state index in [-0.39, 0.29) is 6.10 Å². The summed E-state index contributed by atoms with van der Waals surface area (Å²) in [5.74, 6) is 0.431. The molecule has 0 amide bonds. The summed E-state index contributed by atoms with van der Waals surface area (Å²) in [5, 5.41) is 13.5. The van der Waals surface area contributed by atoms with Gasteiger partial charge in [-0.25, -0.2) is 0 Å². The van der Waals surface area contributed by atoms with Crippen LogP contribution in [0.25, 0.3) is 0 Å². The second-order valence-electron chi connectivity index (χ2n) is 4.37. The molecule has 0 saturated carbocycles. The van der Waals surface area contributed by atoms with Crippen molar-refractivity contribution in [2.75, 3.05) is 13.1 Å². The van der Waals surface area contributed by atoms with Crippen molar-refractivity contribution in [2.24, 2.45) is 5.92 Å². The molecule has 1 aliphatic rings. The van der Waals surface area contributed by atoms with Gasteiger partial charge >= 0.3 is 0 Å². The molecule has 1 unspecified atom stereocenters. The van der Waals surface area contributed by atoms with Gasteiger partial charge in [0.1, 0.15) is 0 Å². The zero-order valence-electron chi connectivity index (χ0n) is 9.19. The van der Waals surface area contributed by atoms with Gasteiger partial charge in [0.25, 0.3) is 0 Å². The molecule has 1 fully saturated rings. The molecule has 4 heteroatoms. The fourth-order valence-electron chi connectivity index (χ4n) is 2.20. The van der Waals surface area contributed by atoms with Gasteiger partial charge in [-0.3, -0.25) is 4.98 Å². The van der Waals surface area contributed by atoms with Gasteiger partial charge in [-0.2, -0.15) is 0 Å². The Morgan fingerprint density at radius 1 is 1.44 bits per heavy atom. The molecular formula is C12H17BrN2O. The lowest BCUT2D eigenvalue weighted by molar-refractivity contribution is 0.0890. The van der Waals surface area contributed by atoms with Crippen molar-refractivity contribution < 1.29 is 5.11 Å². The fourth-order valence-corrected chi connectivity index (χ4v) is 2.62. The highest BCUT2D eigenvalue weighted by Crippen LogP contribution is 2.20. The lowest BCUT2D eigenvalue weighted by Crippen LogP contribution is -2.35. The Morgan fingerprint density at radius 2 is 2.19 bits per heavy atom. The molecule has 0 radical (unpaired) electrons. The van der Waals surface area contributed by atoms with E-state index in [0.29, 0.717) is 12.3 Å². The summed E-state index contributed by atoms with van der Waals surface area (Å²) in [4.78, 5) is 4.11. The molecule has 1 saturated heterocycles. The van der Waals surface area contributed by atoms with Crippen LogP contribution in [0, 0.1) is 5.92 Å². The number of piperidine rings is 1. The Hall–Kier alpha value is -0.450. The third-order valence-electron chi connectivity index (χ3n) is 3.13. The van der Waals surface area contributed by atoms with Gasteiger partial charge in [0, 0.05) is 23.3 Å². The van der Waals surface area contributed by atoms with Crippen LogP contribution >= 0.6 is 15.9 Å². The molecule has 2 rings (SSSR count). The summed E-state index contributed by atoms with van der Waals surface area (Å²) < 4.78 is 0.975. The Balaban J connectivity index is 1.93. The molecule has 0 spiro atoms. The van der Waals surface area contributed by atoms with E-state index in [4.69, 9.17) is 0 Å². The summed E-state index contributed by atoms with van der Waals surface area (Å²) in [7, 11) is 0. The number of hydrogen-bond acceptors (Lipinski definition) is 3. The number of nitrogens with one attached hydrogen (secondary N) is 1. The van der Waals surface area contributed by atoms with Gasteiger partial charge < -0.3 is 10.4 Å². The first-order chi connectivity index (χ1) is 7.75. The van der Waals surface area contributed by atoms with E-state index in [1.807, 2.05) is 12.3 Å². The zero-order chi connectivity index (χ0) is 11.4. The van der Waals surface area contributed by atoms with E-state index in [2.05, 4.69) is 26.2 Å². The van der Waals surface area contributed by atoms with Crippen LogP contribution in [0.5, 0.6) is 0 Å². The van der Waals surface area contributed by atoms with Gasteiger partial charge in [-0.05, 0) is 59.4 Å². The third kappa shape index (κ3) is 3.27. The van der Waals surface area contributed by atoms with Crippen molar-refractivity contribution in [3.05, 3.63) is 28.5 Å². The quantitative estimate of drug-likeness (QED) is 0.889. The van der Waals surface area contributed by atoms with Crippen molar-refractivity contribution >= 4 is 15.9 Å². The fraction of sp³-hybridized carbons (Fsp3) is 0.583. The molecule has 3 nitrogen and oxygen atoms in total. The van der Waals surface area contributed by atoms with Crippen LogP contribution in [-0.4, -0.2) is 29.3 Å². The van der Waals surface area contributed by atoms with Crippen LogP contribution in [0.4, 0.5) is 0 Å². The molecule has 0 aliphatic carbocycles. The Morgan fingerprint density at radius 3 is 2.88 bits per heavy atom. The normalized spacial score (nSPS) is 19.6. The molecule has 16 heavy (non-hydrogen) atoms. The van der Waals surface area contributed by atoms with Gasteiger partial charge in [-0.1, -0.05) is 0 Å². The lowest BCUT2D eigenvalue weighted by Gasteiger charge is -2.27. The van der Waals surface area contributed by atoms with E-state index < -0.39 is 0 Å². The molecule has 1 aliphatic heterocycles. The number of hydrogen-bond donors (Lipinski definition) is 2. The number of pyridine rings is 1. The van der Waals surface area contributed by atoms with Crippen molar-refractivity contribution in [1.82, 2.24) is 10.3 Å². The van der Waals surface area contributed by atoms with Crippen LogP contribution in [0.3, 0.4) is 0 Å². The highest BCUT2D eigenvalue weighted by atomic mass is 79.9. The van der Waals surface area contributed by atoms with Crippen molar-refractivity contribution in [3.63, 3.8) is 0 Å². The Labute approximate surface area is 104 Å². The van der Waals surface area contributed by atoms with Gasteiger partial charge in [0.05, 0.1) is 6.10 Å². The van der Waals surface area contributed by atoms with E-state index in [9.17, 15) is 5.11 Å². The Bertz CT molecular complexity index is 340. The highest BCUT2D eigenvalue weighted by Gasteiger charge is 2.21. The SMILES string of the molecule is OC(Cc1cncc(Br)c1)C1CCNCC1. The average Bonchev–Trinajstić information content (AvgIpc) is 2.30. The second kappa shape index (κ2) is 5.75. The second-order valence-corrected chi connectivity index (χ2v) is 5.29. The van der Waals surface area contributed by atoms with E-state index in [1.165, 1.54) is 0 Å². The summed E-state index contributed by atoms with van der Waals surface area (Å²) in [6.45, 7) is 2.05. The minimum atomic E-state index is -0.238. The first-order valence-corrected chi connectivity index (χ1v) is 6.53. The minimum absolute atomic E-state index is 0.238. The molecule has 2 heterocycles. The molecule has 88 valence electrons. The number of aromatic nitrogens is 1. The maximum atomic E-state index is 10.1. The number of aliphatic hydroxyl groups is 1. The van der Waals surface area contributed by atoms with E-state index in [1.54, 1.807) is 6.20 Å². The number of aliphatic hydroxyl groups excluding tert-OH is 1. The molecule has 2 N–H and O–H groups in total. The largest absolute Gasteiger partial charge is 0.392 e. The van der Waals surface area contributed by atoms with Crippen LogP contribution < -0.4 is 5.32 Å². The first-order valence-electron chi connectivity index (χ1n) is 5.74. The average molecular weight is 285 g/mol. The summed E-state index contributed by atoms with van der Waals surface area (Å²) in [6, 6.07) is 2.03. The number of halogens is 1. The summed E-state index contributed by atoms with van der Waals surface area (Å²) >= 11 is 3.39. The smallest absolute Gasteiger partial charge is 0.0610 e. The van der Waals surface area contributed by atoms with Crippen molar-refractivity contribution in [2.45, 2.75) is 25.4 Å². The van der Waals surface area contributed by atoms with Crippen LogP contribution in [0.2, 0.25) is 0 Å². The van der Waals surface area contributed by atoms with Gasteiger partial charge in [0.2, 0.25) is 0 Å². The first kappa shape index (κ1) is 12.0. The lowest BCUT2D eigenvalue weighted by atomic mass is 9.89. The van der Waals surface area contributed by atoms with Crippen molar-refractivity contribution in [3.8, 4) is 0 Å². The number of rotatable bonds is 3. The molecule has 1 atom stereocenters. The van der Waals surface area contributed by atoms with Crippen molar-refractivity contribution in [1.29, 1.82) is 0 Å². The monoisotopic (exact) mass is 284 g/mol. The number of nitrogens with zero attached hydrogens (tertiary/aromatic N) is 1. The molecule has 1 aromatic heterocycles. The van der Waals surface area contributed by atoms with Gasteiger partial charge in [0.15, 0.2) is 0 Å². The maximum Gasteiger partial charge on any atom is 0.0610 e. The summed E-state index contributed by atoms with van der Waals surface area (Å²) in [5.41, 5.74) is 1.10. The third-order valence-corrected chi connectivity index (χ3v) is 3.57. The predicted octanol–water partition coefficient (Wildman–Crippen LogP) is 1.75. The molecule has 0 bridgehead atoms. The predicted molar refractivity (Wildman–Crippen MR) is 67.2 cm³/mol. The minimum Gasteiger partial charge on any atom is -0.392 e. The maximum absolute atomic E-state index is 10.1. The highest BCUT2D eigenvalue weighted by molar-refractivity contribution is 9.10. The van der Waals surface area contributed by atoms with Crippen LogP contribution in [0.15, 0.2) is 22.9 Å². The van der Waals surface area contributed by atoms with E-state index >= 15 is 0 Å². The van der Waals surface area contributed by atoms with Crippen LogP contribution in [-0.2, 0) is 6.42 Å². The zero-order valence-corrected chi connectivity index (χ0v) is 10.8. The summed E-state index contributed by atoms with van der Waals surface area (Å²) in [6.07, 6.45) is 6.20. The molecule has 1 aromatic rings.